The van der Waals surface area contributed by atoms with Gasteiger partial charge in [-0.15, -0.1) is 0 Å². The molecule has 0 aliphatic carbocycles. The van der Waals surface area contributed by atoms with Crippen molar-refractivity contribution in [3.8, 4) is 28.7 Å². The van der Waals surface area contributed by atoms with Crippen molar-refractivity contribution in [3.63, 3.8) is 0 Å². The third kappa shape index (κ3) is 4.02. The molecule has 2 aromatic carbocycles. The summed E-state index contributed by atoms with van der Waals surface area (Å²) in [5.74, 6) is 0.885. The van der Waals surface area contributed by atoms with Crippen LogP contribution >= 0.6 is 11.3 Å². The number of hydrogen-bond acceptors (Lipinski definition) is 10. The van der Waals surface area contributed by atoms with E-state index in [0.29, 0.717) is 44.9 Å². The van der Waals surface area contributed by atoms with E-state index < -0.39 is 16.8 Å². The van der Waals surface area contributed by atoms with Gasteiger partial charge in [-0.2, -0.15) is 0 Å². The molecule has 2 aliphatic rings. The lowest BCUT2D eigenvalue weighted by Crippen LogP contribution is -2.36. The van der Waals surface area contributed by atoms with Crippen molar-refractivity contribution in [2.75, 3.05) is 40.1 Å². The van der Waals surface area contributed by atoms with Crippen LogP contribution in [0.5, 0.6) is 28.7 Å². The number of thiazole rings is 1. The van der Waals surface area contributed by atoms with Crippen LogP contribution in [0, 0.1) is 0 Å². The number of nitrogens with zero attached hydrogens (tertiary/aromatic N) is 2. The molecule has 11 nitrogen and oxygen atoms in total. The Labute approximate surface area is 215 Å². The summed E-state index contributed by atoms with van der Waals surface area (Å²) in [6, 6.07) is 8.65. The molecule has 0 saturated heterocycles. The van der Waals surface area contributed by atoms with Crippen LogP contribution in [0.4, 0.5) is 11.5 Å². The van der Waals surface area contributed by atoms with Crippen molar-refractivity contribution in [3.05, 3.63) is 50.4 Å². The predicted molar refractivity (Wildman–Crippen MR) is 133 cm³/mol. The van der Waals surface area contributed by atoms with Gasteiger partial charge >= 0.3 is 10.8 Å². The molecule has 5 rings (SSSR count). The molecule has 0 bridgehead atoms. The number of esters is 1. The third-order valence-electron chi connectivity index (χ3n) is 6.27. The normalized spacial score (nSPS) is 15.8. The van der Waals surface area contributed by atoms with E-state index in [0.717, 1.165) is 11.3 Å². The van der Waals surface area contributed by atoms with Crippen LogP contribution in [0.25, 0.3) is 0 Å². The van der Waals surface area contributed by atoms with Gasteiger partial charge in [-0.3, -0.25) is 23.9 Å². The summed E-state index contributed by atoms with van der Waals surface area (Å²) in [6.45, 7) is -0.365. The molecule has 0 radical (unpaired) electrons. The molecule has 194 valence electrons. The number of hydrogen-bond donors (Lipinski definition) is 0. The standard InChI is InChI=1S/C25H24N2O9S/c1-31-14-7-5-6-13(8-14)27-18(28)10-16(23-24(27)26(25(30)37-23)11-19(29)33-3)15-9-17(32-2)21-22(20(15)34-4)36-12-35-21/h5-9,16H,10-12H2,1-4H3/t16-/m1/s1. The molecule has 2 aliphatic heterocycles. The minimum absolute atomic E-state index is 0.00713. The smallest absolute Gasteiger partial charge is 0.325 e. The Morgan fingerprint density at radius 2 is 1.84 bits per heavy atom. The lowest BCUT2D eigenvalue weighted by molar-refractivity contribution is -0.141. The van der Waals surface area contributed by atoms with E-state index in [1.807, 2.05) is 0 Å². The molecule has 1 amide bonds. The van der Waals surface area contributed by atoms with Gasteiger partial charge in [0.1, 0.15) is 18.1 Å². The van der Waals surface area contributed by atoms with Crippen LogP contribution in [-0.2, 0) is 20.9 Å². The van der Waals surface area contributed by atoms with Gasteiger partial charge in [0.05, 0.1) is 39.0 Å². The van der Waals surface area contributed by atoms with Crippen molar-refractivity contribution >= 4 is 34.7 Å². The Morgan fingerprint density at radius 3 is 2.54 bits per heavy atom. The lowest BCUT2D eigenvalue weighted by atomic mass is 9.89. The summed E-state index contributed by atoms with van der Waals surface area (Å²) >= 11 is 0.955. The fourth-order valence-electron chi connectivity index (χ4n) is 4.60. The highest BCUT2D eigenvalue weighted by molar-refractivity contribution is 7.10. The number of fused-ring (bicyclic) bond motifs is 2. The second-order valence-corrected chi connectivity index (χ2v) is 9.16. The second kappa shape index (κ2) is 9.69. The highest BCUT2D eigenvalue weighted by Crippen LogP contribution is 2.55. The van der Waals surface area contributed by atoms with Crippen molar-refractivity contribution in [1.82, 2.24) is 4.57 Å². The van der Waals surface area contributed by atoms with Crippen LogP contribution in [-0.4, -0.2) is 51.7 Å². The zero-order valence-corrected chi connectivity index (χ0v) is 21.4. The maximum Gasteiger partial charge on any atom is 0.325 e. The number of benzene rings is 2. The summed E-state index contributed by atoms with van der Waals surface area (Å²) in [5.41, 5.74) is 1.09. The summed E-state index contributed by atoms with van der Waals surface area (Å²) in [7, 11) is 5.76. The van der Waals surface area contributed by atoms with Gasteiger partial charge in [0.15, 0.2) is 11.5 Å². The molecule has 0 spiro atoms. The first-order valence-corrected chi connectivity index (χ1v) is 12.0. The van der Waals surface area contributed by atoms with Crippen molar-refractivity contribution in [2.24, 2.45) is 0 Å². The molecule has 3 heterocycles. The minimum Gasteiger partial charge on any atom is -0.497 e. The Bertz CT molecular complexity index is 1440. The summed E-state index contributed by atoms with van der Waals surface area (Å²) in [5, 5.41) is 0. The van der Waals surface area contributed by atoms with E-state index in [9.17, 15) is 14.4 Å². The Kier molecular flexibility index (Phi) is 6.42. The van der Waals surface area contributed by atoms with Gasteiger partial charge < -0.3 is 28.4 Å². The van der Waals surface area contributed by atoms with Gasteiger partial charge in [0.2, 0.25) is 24.2 Å². The number of amides is 1. The summed E-state index contributed by atoms with van der Waals surface area (Å²) in [4.78, 5) is 40.8. The van der Waals surface area contributed by atoms with Crippen LogP contribution < -0.4 is 33.5 Å². The molecule has 37 heavy (non-hydrogen) atoms. The number of anilines is 2. The maximum atomic E-state index is 13.8. The van der Waals surface area contributed by atoms with Gasteiger partial charge in [0.25, 0.3) is 0 Å². The highest BCUT2D eigenvalue weighted by atomic mass is 32.1. The largest absolute Gasteiger partial charge is 0.497 e. The van der Waals surface area contributed by atoms with E-state index in [-0.39, 0.29) is 31.5 Å². The Balaban J connectivity index is 1.74. The first-order valence-electron chi connectivity index (χ1n) is 11.2. The van der Waals surface area contributed by atoms with E-state index >= 15 is 0 Å². The second-order valence-electron chi connectivity index (χ2n) is 8.17. The molecule has 1 atom stereocenters. The topological polar surface area (TPSA) is 115 Å². The highest BCUT2D eigenvalue weighted by Gasteiger charge is 2.41. The van der Waals surface area contributed by atoms with Crippen LogP contribution in [0.1, 0.15) is 22.8 Å². The average molecular weight is 529 g/mol. The van der Waals surface area contributed by atoms with Crippen LogP contribution in [0.3, 0.4) is 0 Å². The summed E-state index contributed by atoms with van der Waals surface area (Å²) in [6.07, 6.45) is 0.0154. The van der Waals surface area contributed by atoms with Gasteiger partial charge in [-0.25, -0.2) is 0 Å². The summed E-state index contributed by atoms with van der Waals surface area (Å²) < 4.78 is 33.8. The predicted octanol–water partition coefficient (Wildman–Crippen LogP) is 3.04. The molecule has 0 unspecified atom stereocenters. The van der Waals surface area contributed by atoms with E-state index in [1.165, 1.54) is 37.9 Å². The zero-order chi connectivity index (χ0) is 26.3. The molecule has 0 saturated carbocycles. The number of aromatic nitrogens is 1. The van der Waals surface area contributed by atoms with Crippen molar-refractivity contribution in [1.29, 1.82) is 0 Å². The van der Waals surface area contributed by atoms with E-state index in [4.69, 9.17) is 28.4 Å². The average Bonchev–Trinajstić information content (AvgIpc) is 3.52. The molecule has 0 N–H and O–H groups in total. The van der Waals surface area contributed by atoms with Gasteiger partial charge in [-0.1, -0.05) is 17.4 Å². The first kappa shape index (κ1) is 24.5. The Morgan fingerprint density at radius 1 is 1.05 bits per heavy atom. The number of carbonyl (C=O) groups is 2. The van der Waals surface area contributed by atoms with Crippen molar-refractivity contribution < 1.29 is 38.0 Å². The third-order valence-corrected chi connectivity index (χ3v) is 7.35. The van der Waals surface area contributed by atoms with Gasteiger partial charge in [0, 0.05) is 24.0 Å². The lowest BCUT2D eigenvalue weighted by Gasteiger charge is -2.33. The van der Waals surface area contributed by atoms with Crippen molar-refractivity contribution in [2.45, 2.75) is 18.9 Å². The number of rotatable bonds is 7. The fourth-order valence-corrected chi connectivity index (χ4v) is 5.70. The molecule has 0 fully saturated rings. The van der Waals surface area contributed by atoms with Crippen LogP contribution in [0.15, 0.2) is 35.1 Å². The number of carbonyl (C=O) groups excluding carboxylic acids is 2. The molecule has 1 aromatic heterocycles. The zero-order valence-electron chi connectivity index (χ0n) is 20.6. The number of methoxy groups -OCH3 is 4. The van der Waals surface area contributed by atoms with E-state index in [2.05, 4.69) is 0 Å². The molecule has 12 heteroatoms. The molecular weight excluding hydrogens is 504 g/mol. The van der Waals surface area contributed by atoms with Crippen LogP contribution in [0.2, 0.25) is 0 Å². The monoisotopic (exact) mass is 528 g/mol. The van der Waals surface area contributed by atoms with E-state index in [1.54, 1.807) is 30.3 Å². The fraction of sp³-hybridized carbons (Fsp3) is 0.320. The molecule has 3 aromatic rings. The van der Waals surface area contributed by atoms with Gasteiger partial charge in [-0.05, 0) is 18.2 Å². The Hall–Kier alpha value is -4.19. The minimum atomic E-state index is -0.620. The first-order chi connectivity index (χ1) is 17.9. The quantitative estimate of drug-likeness (QED) is 0.427. The molecular formula is C25H24N2O9S. The SMILES string of the molecule is COC(=O)Cn1c2c(sc1=O)[C@@H](c1cc(OC)c3c(c1OC)OCO3)CC(=O)N2c1cccc(OC)c1. The maximum absolute atomic E-state index is 13.8. The number of ether oxygens (including phenoxy) is 6.